The van der Waals surface area contributed by atoms with Crippen LogP contribution in [0.5, 0.6) is 0 Å². The van der Waals surface area contributed by atoms with Crippen molar-refractivity contribution in [2.24, 2.45) is 0 Å². The monoisotopic (exact) mass is 246 g/mol. The van der Waals surface area contributed by atoms with Crippen molar-refractivity contribution in [1.29, 1.82) is 5.26 Å². The van der Waals surface area contributed by atoms with Crippen molar-refractivity contribution in [3.05, 3.63) is 17.8 Å². The average Bonchev–Trinajstić information content (AvgIpc) is 2.75. The summed E-state index contributed by atoms with van der Waals surface area (Å²) in [7, 11) is 1.86. The second-order valence-electron chi connectivity index (χ2n) is 5.04. The molecule has 1 aromatic heterocycles. The summed E-state index contributed by atoms with van der Waals surface area (Å²) in [5, 5.41) is 19.1. The Hall–Kier alpha value is -1.80. The molecule has 0 aliphatic heterocycles. The molecule has 0 radical (unpaired) electrons. The Labute approximate surface area is 107 Å². The Morgan fingerprint density at radius 2 is 2.22 bits per heavy atom. The van der Waals surface area contributed by atoms with E-state index in [1.807, 2.05) is 18.0 Å². The van der Waals surface area contributed by atoms with Gasteiger partial charge in [-0.25, -0.2) is 4.98 Å². The zero-order valence-electron chi connectivity index (χ0n) is 10.6. The zero-order chi connectivity index (χ0) is 13.2. The first-order valence-corrected chi connectivity index (χ1v) is 6.13. The summed E-state index contributed by atoms with van der Waals surface area (Å²) in [6, 6.07) is 3.61. The highest BCUT2D eigenvalue weighted by molar-refractivity contribution is 5.64. The van der Waals surface area contributed by atoms with Crippen molar-refractivity contribution in [3.8, 4) is 6.07 Å². The van der Waals surface area contributed by atoms with Gasteiger partial charge in [0.05, 0.1) is 16.9 Å². The Morgan fingerprint density at radius 1 is 1.56 bits per heavy atom. The molecule has 2 rings (SSSR count). The van der Waals surface area contributed by atoms with Crippen LogP contribution >= 0.6 is 0 Å². The fraction of sp³-hybridized carbons (Fsp3) is 0.538. The van der Waals surface area contributed by atoms with Crippen molar-refractivity contribution < 1.29 is 5.11 Å². The van der Waals surface area contributed by atoms with Gasteiger partial charge in [-0.1, -0.05) is 12.8 Å². The minimum absolute atomic E-state index is 0.448. The number of nitrogen functional groups attached to an aromatic ring is 1. The largest absolute Gasteiger partial charge is 0.396 e. The van der Waals surface area contributed by atoms with Gasteiger partial charge >= 0.3 is 0 Å². The molecule has 0 atom stereocenters. The van der Waals surface area contributed by atoms with E-state index < -0.39 is 5.60 Å². The predicted molar refractivity (Wildman–Crippen MR) is 70.1 cm³/mol. The number of aliphatic hydroxyl groups is 1. The highest BCUT2D eigenvalue weighted by Crippen LogP contribution is 2.31. The smallest absolute Gasteiger partial charge is 0.151 e. The Balaban J connectivity index is 2.14. The second kappa shape index (κ2) is 4.83. The number of likely N-dealkylation sites (N-methyl/N-ethyl adjacent to an activating group) is 1. The van der Waals surface area contributed by atoms with Gasteiger partial charge in [0, 0.05) is 19.8 Å². The molecule has 0 amide bonds. The van der Waals surface area contributed by atoms with Gasteiger partial charge in [0.15, 0.2) is 5.82 Å². The van der Waals surface area contributed by atoms with E-state index in [1.165, 1.54) is 6.20 Å². The molecule has 5 heteroatoms. The number of hydrogen-bond acceptors (Lipinski definition) is 5. The molecule has 1 aromatic rings. The summed E-state index contributed by atoms with van der Waals surface area (Å²) in [5.41, 5.74) is 6.17. The van der Waals surface area contributed by atoms with E-state index >= 15 is 0 Å². The Kier molecular flexibility index (Phi) is 3.39. The van der Waals surface area contributed by atoms with Crippen LogP contribution in [-0.2, 0) is 0 Å². The Morgan fingerprint density at radius 3 is 2.78 bits per heavy atom. The third-order valence-corrected chi connectivity index (χ3v) is 3.45. The van der Waals surface area contributed by atoms with Crippen LogP contribution in [0, 0.1) is 11.3 Å². The van der Waals surface area contributed by atoms with Crippen LogP contribution in [0.1, 0.15) is 31.2 Å². The number of anilines is 2. The van der Waals surface area contributed by atoms with Gasteiger partial charge in [-0.15, -0.1) is 0 Å². The number of nitrogens with zero attached hydrogens (tertiary/aromatic N) is 3. The third-order valence-electron chi connectivity index (χ3n) is 3.45. The van der Waals surface area contributed by atoms with Gasteiger partial charge in [0.1, 0.15) is 6.07 Å². The van der Waals surface area contributed by atoms with Gasteiger partial charge in [-0.2, -0.15) is 5.26 Å². The van der Waals surface area contributed by atoms with E-state index in [9.17, 15) is 5.11 Å². The molecule has 3 N–H and O–H groups in total. The molecule has 1 aliphatic carbocycles. The molecule has 0 saturated heterocycles. The van der Waals surface area contributed by atoms with Crippen LogP contribution in [0.15, 0.2) is 12.3 Å². The maximum absolute atomic E-state index is 10.4. The summed E-state index contributed by atoms with van der Waals surface area (Å²) in [6.45, 7) is 0.524. The molecule has 1 heterocycles. The number of rotatable bonds is 3. The van der Waals surface area contributed by atoms with Gasteiger partial charge in [-0.05, 0) is 18.9 Å². The summed E-state index contributed by atoms with van der Waals surface area (Å²) < 4.78 is 0. The first kappa shape index (κ1) is 12.7. The first-order chi connectivity index (χ1) is 8.54. The van der Waals surface area contributed by atoms with E-state index in [0.29, 0.717) is 23.6 Å². The van der Waals surface area contributed by atoms with Gasteiger partial charge in [-0.3, -0.25) is 0 Å². The van der Waals surface area contributed by atoms with Crippen molar-refractivity contribution in [1.82, 2.24) is 4.98 Å². The molecule has 96 valence electrons. The molecule has 18 heavy (non-hydrogen) atoms. The highest BCUT2D eigenvalue weighted by atomic mass is 16.3. The maximum atomic E-state index is 10.4. The third kappa shape index (κ3) is 2.54. The molecule has 1 aliphatic rings. The van der Waals surface area contributed by atoms with E-state index in [1.54, 1.807) is 6.07 Å². The second-order valence-corrected chi connectivity index (χ2v) is 5.04. The van der Waals surface area contributed by atoms with Crippen LogP contribution in [0.3, 0.4) is 0 Å². The lowest BCUT2D eigenvalue weighted by molar-refractivity contribution is 0.0558. The number of nitrogens with two attached hydrogens (primary N) is 1. The van der Waals surface area contributed by atoms with Crippen LogP contribution in [0.4, 0.5) is 11.5 Å². The number of nitriles is 1. The summed E-state index contributed by atoms with van der Waals surface area (Å²) in [4.78, 5) is 6.05. The summed E-state index contributed by atoms with van der Waals surface area (Å²) >= 11 is 0. The van der Waals surface area contributed by atoms with E-state index in [0.717, 1.165) is 25.7 Å². The lowest BCUT2D eigenvalue weighted by Crippen LogP contribution is -2.39. The number of hydrogen-bond donors (Lipinski definition) is 2. The number of pyridine rings is 1. The molecule has 1 fully saturated rings. The molecule has 5 nitrogen and oxygen atoms in total. The molecular weight excluding hydrogens is 228 g/mol. The molecule has 0 bridgehead atoms. The van der Waals surface area contributed by atoms with Crippen molar-refractivity contribution in [2.75, 3.05) is 24.2 Å². The molecule has 0 aromatic carbocycles. The van der Waals surface area contributed by atoms with E-state index in [2.05, 4.69) is 4.98 Å². The predicted octanol–water partition coefficient (Wildman–Crippen LogP) is 1.28. The highest BCUT2D eigenvalue weighted by Gasteiger charge is 2.32. The molecule has 1 saturated carbocycles. The molecule has 0 unspecified atom stereocenters. The fourth-order valence-corrected chi connectivity index (χ4v) is 2.56. The van der Waals surface area contributed by atoms with E-state index in [4.69, 9.17) is 11.0 Å². The van der Waals surface area contributed by atoms with Crippen molar-refractivity contribution >= 4 is 11.5 Å². The first-order valence-electron chi connectivity index (χ1n) is 6.13. The van der Waals surface area contributed by atoms with Gasteiger partial charge < -0.3 is 15.7 Å². The maximum Gasteiger partial charge on any atom is 0.151 e. The van der Waals surface area contributed by atoms with Crippen LogP contribution in [0.2, 0.25) is 0 Å². The molecular formula is C13H18N4O. The SMILES string of the molecule is CN(CC1(O)CCCC1)c1ncc(C#N)cc1N. The summed E-state index contributed by atoms with van der Waals surface area (Å²) in [5.74, 6) is 0.620. The standard InChI is InChI=1S/C13H18N4O/c1-17(9-13(18)4-2-3-5-13)12-11(15)6-10(7-14)8-16-12/h6,8,18H,2-5,9,15H2,1H3. The lowest BCUT2D eigenvalue weighted by Gasteiger charge is -2.29. The zero-order valence-corrected chi connectivity index (χ0v) is 10.6. The average molecular weight is 246 g/mol. The minimum Gasteiger partial charge on any atom is -0.396 e. The van der Waals surface area contributed by atoms with Crippen LogP contribution in [-0.4, -0.2) is 29.3 Å². The summed E-state index contributed by atoms with van der Waals surface area (Å²) in [6.07, 6.45) is 5.29. The number of aromatic nitrogens is 1. The van der Waals surface area contributed by atoms with E-state index in [-0.39, 0.29) is 0 Å². The minimum atomic E-state index is -0.628. The normalized spacial score (nSPS) is 17.4. The van der Waals surface area contributed by atoms with Crippen molar-refractivity contribution in [3.63, 3.8) is 0 Å². The quantitative estimate of drug-likeness (QED) is 0.839. The molecule has 0 spiro atoms. The topological polar surface area (TPSA) is 86.2 Å². The van der Waals surface area contributed by atoms with Crippen molar-refractivity contribution in [2.45, 2.75) is 31.3 Å². The van der Waals surface area contributed by atoms with Gasteiger partial charge in [0.2, 0.25) is 0 Å². The van der Waals surface area contributed by atoms with Crippen LogP contribution in [0.25, 0.3) is 0 Å². The fourth-order valence-electron chi connectivity index (χ4n) is 2.56. The lowest BCUT2D eigenvalue weighted by atomic mass is 10.0. The van der Waals surface area contributed by atoms with Crippen LogP contribution < -0.4 is 10.6 Å². The Bertz CT molecular complexity index is 474. The van der Waals surface area contributed by atoms with Gasteiger partial charge in [0.25, 0.3) is 0 Å².